The van der Waals surface area contributed by atoms with E-state index in [-0.39, 0.29) is 19.4 Å². The quantitative estimate of drug-likeness (QED) is 0.102. The second kappa shape index (κ2) is 19.2. The van der Waals surface area contributed by atoms with Crippen LogP contribution >= 0.6 is 7.82 Å². The van der Waals surface area contributed by atoms with E-state index in [1.807, 2.05) is 13.0 Å². The Kier molecular flexibility index (Phi) is 18.4. The lowest BCUT2D eigenvalue weighted by Gasteiger charge is -2.20. The van der Waals surface area contributed by atoms with Gasteiger partial charge in [0.2, 0.25) is 0 Å². The summed E-state index contributed by atoms with van der Waals surface area (Å²) in [6, 6.07) is 0. The molecule has 0 saturated carbocycles. The van der Waals surface area contributed by atoms with Crippen molar-refractivity contribution in [1.29, 1.82) is 0 Å². The minimum absolute atomic E-state index is 0.0494. The van der Waals surface area contributed by atoms with Gasteiger partial charge in [-0.05, 0) is 12.8 Å². The molecule has 0 amide bonds. The number of ether oxygens (including phenoxy) is 2. The molecule has 0 fully saturated rings. The molecule has 3 atom stereocenters. The van der Waals surface area contributed by atoms with E-state index in [4.69, 9.17) is 19.1 Å². The molecule has 0 spiro atoms. The van der Waals surface area contributed by atoms with Crippen molar-refractivity contribution in [1.82, 2.24) is 0 Å². The molecule has 0 rings (SSSR count). The van der Waals surface area contributed by atoms with Gasteiger partial charge in [0.15, 0.2) is 6.10 Å². The topological polar surface area (TPSA) is 149 Å². The lowest BCUT2D eigenvalue weighted by Crippen LogP contribution is -2.29. The third kappa shape index (κ3) is 18.3. The highest BCUT2D eigenvalue weighted by Crippen LogP contribution is 2.43. The van der Waals surface area contributed by atoms with Gasteiger partial charge < -0.3 is 24.6 Å². The van der Waals surface area contributed by atoms with Gasteiger partial charge in [-0.2, -0.15) is 0 Å². The van der Waals surface area contributed by atoms with Crippen LogP contribution in [0.15, 0.2) is 12.2 Å². The van der Waals surface area contributed by atoms with Gasteiger partial charge in [0, 0.05) is 6.42 Å². The van der Waals surface area contributed by atoms with E-state index in [0.29, 0.717) is 6.42 Å². The first-order valence-corrected chi connectivity index (χ1v) is 12.6. The summed E-state index contributed by atoms with van der Waals surface area (Å²) in [4.78, 5) is 33.6. The fourth-order valence-electron chi connectivity index (χ4n) is 2.45. The molecule has 3 N–H and O–H groups in total. The van der Waals surface area contributed by atoms with Crippen LogP contribution in [0, 0.1) is 0 Å². The summed E-state index contributed by atoms with van der Waals surface area (Å²) in [5, 5.41) is 17.9. The fourth-order valence-corrected chi connectivity index (χ4v) is 3.24. The van der Waals surface area contributed by atoms with Gasteiger partial charge in [-0.3, -0.25) is 18.6 Å². The molecule has 0 aromatic rings. The third-order valence-corrected chi connectivity index (χ3v) is 5.16. The maximum Gasteiger partial charge on any atom is 0.472 e. The number of hydrogen-bond acceptors (Lipinski definition) is 9. The van der Waals surface area contributed by atoms with E-state index < -0.39 is 51.8 Å². The van der Waals surface area contributed by atoms with Gasteiger partial charge in [0.25, 0.3) is 0 Å². The Balaban J connectivity index is 4.64. The van der Waals surface area contributed by atoms with Crippen LogP contribution in [0.1, 0.15) is 71.6 Å². The molecule has 0 aliphatic heterocycles. The van der Waals surface area contributed by atoms with Gasteiger partial charge in [-0.15, -0.1) is 0 Å². The van der Waals surface area contributed by atoms with Crippen LogP contribution in [0.3, 0.4) is 0 Å². The molecule has 188 valence electrons. The van der Waals surface area contributed by atoms with Crippen LogP contribution in [0.2, 0.25) is 0 Å². The molecular weight excluding hydrogens is 443 g/mol. The van der Waals surface area contributed by atoms with Crippen molar-refractivity contribution < 1.29 is 47.8 Å². The maximum atomic E-state index is 12.1. The smallest absolute Gasteiger partial charge is 0.461 e. The second-order valence-corrected chi connectivity index (χ2v) is 8.75. The number of rotatable bonds is 20. The highest BCUT2D eigenvalue weighted by molar-refractivity contribution is 7.47. The molecule has 10 nitrogen and oxygen atoms in total. The fraction of sp³-hybridized carbons (Fsp3) is 0.810. The third-order valence-electron chi connectivity index (χ3n) is 4.21. The summed E-state index contributed by atoms with van der Waals surface area (Å²) in [6.45, 7) is 1.88. The number of carbonyl (C=O) groups is 2. The van der Waals surface area contributed by atoms with Gasteiger partial charge in [0.05, 0.1) is 26.2 Å². The van der Waals surface area contributed by atoms with E-state index in [2.05, 4.69) is 11.4 Å². The lowest BCUT2D eigenvalue weighted by atomic mass is 10.1. The molecule has 11 heteroatoms. The Labute approximate surface area is 190 Å². The molecular formula is C21H39O10P. The van der Waals surface area contributed by atoms with Crippen molar-refractivity contribution >= 4 is 19.8 Å². The maximum absolute atomic E-state index is 12.1. The normalized spacial score (nSPS) is 15.3. The van der Waals surface area contributed by atoms with E-state index in [1.54, 1.807) is 6.08 Å². The average Bonchev–Trinajstić information content (AvgIpc) is 2.76. The van der Waals surface area contributed by atoms with E-state index in [0.717, 1.165) is 38.5 Å². The van der Waals surface area contributed by atoms with Crippen LogP contribution < -0.4 is 0 Å². The summed E-state index contributed by atoms with van der Waals surface area (Å²) in [5.41, 5.74) is 0. The first-order chi connectivity index (χ1) is 15.2. The molecule has 0 aliphatic carbocycles. The predicted molar refractivity (Wildman–Crippen MR) is 118 cm³/mol. The minimum atomic E-state index is -4.58. The number of phosphoric ester groups is 1. The van der Waals surface area contributed by atoms with Gasteiger partial charge in [0.1, 0.15) is 12.7 Å². The average molecular weight is 483 g/mol. The summed E-state index contributed by atoms with van der Waals surface area (Å²) in [6.07, 6.45) is 7.98. The van der Waals surface area contributed by atoms with E-state index in [9.17, 15) is 24.2 Å². The second-order valence-electron chi connectivity index (χ2n) is 7.29. The lowest BCUT2D eigenvalue weighted by molar-refractivity contribution is -0.160. The van der Waals surface area contributed by atoms with Crippen LogP contribution in [0.5, 0.6) is 0 Å². The zero-order valence-electron chi connectivity index (χ0n) is 19.1. The molecule has 0 saturated heterocycles. The Morgan fingerprint density at radius 3 is 2.25 bits per heavy atom. The highest BCUT2D eigenvalue weighted by Gasteiger charge is 2.27. The van der Waals surface area contributed by atoms with Crippen LogP contribution in [0.25, 0.3) is 0 Å². The Hall–Kier alpha value is -1.29. The largest absolute Gasteiger partial charge is 0.472 e. The van der Waals surface area contributed by atoms with E-state index in [1.165, 1.54) is 0 Å². The number of carbonyl (C=O) groups excluding carboxylic acids is 2. The standard InChI is InChI=1S/C21H39O10P/c1-3-5-7-8-9-11-13-21(25)31-19(16-28-20(24)12-10-6-4-2)17-30-32(26,27)29-15-18(23)14-22/h6,10,18-19,22-23H,3-5,7-9,11-17H2,1-2H3,(H,26,27)/b10-6-/t18-,19+/m0/s1. The molecule has 0 bridgehead atoms. The number of esters is 2. The molecule has 0 aliphatic rings. The summed E-state index contributed by atoms with van der Waals surface area (Å²) < 4.78 is 31.6. The molecule has 0 heterocycles. The molecule has 0 radical (unpaired) electrons. The number of allylic oxidation sites excluding steroid dienone is 1. The van der Waals surface area contributed by atoms with Crippen molar-refractivity contribution in [2.45, 2.75) is 83.8 Å². The van der Waals surface area contributed by atoms with Crippen molar-refractivity contribution in [3.05, 3.63) is 12.2 Å². The summed E-state index contributed by atoms with van der Waals surface area (Å²) >= 11 is 0. The SMILES string of the molecule is CC/C=C\CC(=O)OC[C@H](COP(=O)(O)OC[C@@H](O)CO)OC(=O)CCCCCCCC. The Morgan fingerprint density at radius 1 is 0.938 bits per heavy atom. The molecule has 0 aromatic heterocycles. The summed E-state index contributed by atoms with van der Waals surface area (Å²) in [7, 11) is -4.58. The van der Waals surface area contributed by atoms with Crippen molar-refractivity contribution in [3.63, 3.8) is 0 Å². The van der Waals surface area contributed by atoms with E-state index >= 15 is 0 Å². The number of aliphatic hydroxyl groups is 2. The summed E-state index contributed by atoms with van der Waals surface area (Å²) in [5.74, 6) is -1.07. The number of hydrogen-bond donors (Lipinski definition) is 3. The monoisotopic (exact) mass is 482 g/mol. The van der Waals surface area contributed by atoms with Gasteiger partial charge in [-0.1, -0.05) is 58.1 Å². The number of phosphoric acid groups is 1. The zero-order chi connectivity index (χ0) is 24.2. The Bertz CT molecular complexity index is 581. The zero-order valence-corrected chi connectivity index (χ0v) is 20.0. The molecule has 32 heavy (non-hydrogen) atoms. The van der Waals surface area contributed by atoms with Gasteiger partial charge >= 0.3 is 19.8 Å². The van der Waals surface area contributed by atoms with Gasteiger partial charge in [-0.25, -0.2) is 4.57 Å². The predicted octanol–water partition coefficient (Wildman–Crippen LogP) is 3.04. The van der Waals surface area contributed by atoms with Crippen LogP contribution in [-0.4, -0.2) is 65.7 Å². The number of unbranched alkanes of at least 4 members (excludes halogenated alkanes) is 5. The number of aliphatic hydroxyl groups excluding tert-OH is 2. The van der Waals surface area contributed by atoms with Crippen molar-refractivity contribution in [2.75, 3.05) is 26.4 Å². The first kappa shape index (κ1) is 30.7. The molecule has 0 aromatic carbocycles. The Morgan fingerprint density at radius 2 is 1.59 bits per heavy atom. The minimum Gasteiger partial charge on any atom is -0.461 e. The first-order valence-electron chi connectivity index (χ1n) is 11.1. The van der Waals surface area contributed by atoms with Crippen molar-refractivity contribution in [3.8, 4) is 0 Å². The molecule has 1 unspecified atom stereocenters. The van der Waals surface area contributed by atoms with Crippen molar-refractivity contribution in [2.24, 2.45) is 0 Å². The van der Waals surface area contributed by atoms with Crippen LogP contribution in [-0.2, 0) is 32.7 Å². The highest BCUT2D eigenvalue weighted by atomic mass is 31.2. The van der Waals surface area contributed by atoms with Crippen LogP contribution in [0.4, 0.5) is 0 Å².